The monoisotopic (exact) mass is 323 g/mol. The maximum atomic E-state index is 12.1. The number of hydrogen-bond donors (Lipinski definition) is 0. The van der Waals surface area contributed by atoms with Crippen molar-refractivity contribution in [3.8, 4) is 0 Å². The number of carbonyl (C=O) groups is 3. The highest BCUT2D eigenvalue weighted by Gasteiger charge is 2.38. The molecule has 0 radical (unpaired) electrons. The number of amides is 2. The first-order chi connectivity index (χ1) is 10.2. The Bertz CT molecular complexity index is 563. The van der Waals surface area contributed by atoms with E-state index in [1.54, 1.807) is 47.8 Å². The number of nitrogens with zero attached hydrogens (tertiary/aromatic N) is 1. The van der Waals surface area contributed by atoms with E-state index in [2.05, 4.69) is 0 Å². The van der Waals surface area contributed by atoms with Gasteiger partial charge in [-0.15, -0.1) is 0 Å². The summed E-state index contributed by atoms with van der Waals surface area (Å²) in [6.07, 6.45) is 0.213. The summed E-state index contributed by atoms with van der Waals surface area (Å²) in [6, 6.07) is 6.45. The number of benzene rings is 1. The molecular formula is C14H13NO4S2. The highest BCUT2D eigenvalue weighted by molar-refractivity contribution is 8.06. The molecule has 21 heavy (non-hydrogen) atoms. The Morgan fingerprint density at radius 2 is 1.86 bits per heavy atom. The SMILES string of the molecule is O=C(CC1CSCCS1)ON1C(=O)c2ccccc2C1=O. The zero-order chi connectivity index (χ0) is 14.8. The van der Waals surface area contributed by atoms with Crippen LogP contribution in [-0.2, 0) is 9.63 Å². The van der Waals surface area contributed by atoms with Crippen molar-refractivity contribution in [1.29, 1.82) is 0 Å². The van der Waals surface area contributed by atoms with Crippen LogP contribution in [-0.4, -0.2) is 45.4 Å². The lowest BCUT2D eigenvalue weighted by Gasteiger charge is -2.20. The van der Waals surface area contributed by atoms with Gasteiger partial charge in [-0.1, -0.05) is 17.2 Å². The van der Waals surface area contributed by atoms with Crippen LogP contribution in [0.15, 0.2) is 24.3 Å². The van der Waals surface area contributed by atoms with E-state index in [9.17, 15) is 14.4 Å². The molecule has 0 bridgehead atoms. The number of thioether (sulfide) groups is 2. The van der Waals surface area contributed by atoms with E-state index in [-0.39, 0.29) is 22.8 Å². The van der Waals surface area contributed by atoms with Gasteiger partial charge >= 0.3 is 5.97 Å². The van der Waals surface area contributed by atoms with Crippen LogP contribution in [0.4, 0.5) is 0 Å². The van der Waals surface area contributed by atoms with E-state index in [0.29, 0.717) is 5.06 Å². The smallest absolute Gasteiger partial charge is 0.330 e. The van der Waals surface area contributed by atoms with Crippen LogP contribution in [0.3, 0.4) is 0 Å². The Hall–Kier alpha value is -1.47. The lowest BCUT2D eigenvalue weighted by Crippen LogP contribution is -2.34. The summed E-state index contributed by atoms with van der Waals surface area (Å²) >= 11 is 3.53. The van der Waals surface area contributed by atoms with Crippen molar-refractivity contribution in [3.05, 3.63) is 35.4 Å². The van der Waals surface area contributed by atoms with Crippen molar-refractivity contribution in [1.82, 2.24) is 5.06 Å². The molecular weight excluding hydrogens is 310 g/mol. The number of imide groups is 1. The van der Waals surface area contributed by atoms with Gasteiger partial charge in [-0.2, -0.15) is 23.5 Å². The lowest BCUT2D eigenvalue weighted by molar-refractivity contribution is -0.168. The largest absolute Gasteiger partial charge is 0.334 e. The van der Waals surface area contributed by atoms with Crippen molar-refractivity contribution in [2.75, 3.05) is 17.3 Å². The van der Waals surface area contributed by atoms with Gasteiger partial charge in [0.1, 0.15) is 0 Å². The number of fused-ring (bicyclic) bond motifs is 1. The Balaban J connectivity index is 1.64. The van der Waals surface area contributed by atoms with Crippen LogP contribution >= 0.6 is 23.5 Å². The molecule has 2 heterocycles. The molecule has 3 rings (SSSR count). The molecule has 0 aliphatic carbocycles. The molecule has 7 heteroatoms. The summed E-state index contributed by atoms with van der Waals surface area (Å²) in [5, 5.41) is 0.764. The summed E-state index contributed by atoms with van der Waals surface area (Å²) in [4.78, 5) is 41.0. The predicted molar refractivity (Wildman–Crippen MR) is 81.2 cm³/mol. The lowest BCUT2D eigenvalue weighted by atomic mass is 10.1. The second-order valence-corrected chi connectivity index (χ2v) is 7.24. The van der Waals surface area contributed by atoms with Gasteiger partial charge in [0.25, 0.3) is 11.8 Å². The second-order valence-electron chi connectivity index (χ2n) is 4.69. The molecule has 1 atom stereocenters. The topological polar surface area (TPSA) is 63.7 Å². The van der Waals surface area contributed by atoms with Gasteiger partial charge in [-0.05, 0) is 12.1 Å². The minimum atomic E-state index is -0.574. The van der Waals surface area contributed by atoms with Gasteiger partial charge in [-0.25, -0.2) is 4.79 Å². The molecule has 5 nitrogen and oxygen atoms in total. The fourth-order valence-corrected chi connectivity index (χ4v) is 4.89. The first kappa shape index (κ1) is 14.5. The molecule has 1 aromatic carbocycles. The second kappa shape index (κ2) is 6.11. The first-order valence-corrected chi connectivity index (χ1v) is 8.75. The summed E-state index contributed by atoms with van der Waals surface area (Å²) in [5.74, 6) is 1.31. The molecule has 1 aromatic rings. The molecule has 2 aliphatic rings. The summed E-state index contributed by atoms with van der Waals surface area (Å²) < 4.78 is 0. The normalized spacial score (nSPS) is 21.3. The van der Waals surface area contributed by atoms with Crippen LogP contribution < -0.4 is 0 Å². The highest BCUT2D eigenvalue weighted by Crippen LogP contribution is 2.27. The summed E-state index contributed by atoms with van der Waals surface area (Å²) in [5.41, 5.74) is 0.552. The Morgan fingerprint density at radius 1 is 1.19 bits per heavy atom. The third-order valence-corrected chi connectivity index (χ3v) is 6.07. The fourth-order valence-electron chi connectivity index (χ4n) is 2.23. The van der Waals surface area contributed by atoms with Crippen molar-refractivity contribution in [3.63, 3.8) is 0 Å². The van der Waals surface area contributed by atoms with Gasteiger partial charge in [-0.3, -0.25) is 9.59 Å². The number of rotatable bonds is 3. The van der Waals surface area contributed by atoms with Gasteiger partial charge in [0.2, 0.25) is 0 Å². The molecule has 0 aromatic heterocycles. The van der Waals surface area contributed by atoms with E-state index in [4.69, 9.17) is 4.84 Å². The molecule has 2 amide bonds. The highest BCUT2D eigenvalue weighted by atomic mass is 32.2. The maximum absolute atomic E-state index is 12.1. The van der Waals surface area contributed by atoms with E-state index in [1.165, 1.54) is 0 Å². The van der Waals surface area contributed by atoms with Crippen molar-refractivity contribution >= 4 is 41.3 Å². The molecule has 110 valence electrons. The molecule has 1 saturated heterocycles. The number of hydroxylamine groups is 2. The molecule has 0 spiro atoms. The van der Waals surface area contributed by atoms with E-state index in [0.717, 1.165) is 17.3 Å². The van der Waals surface area contributed by atoms with Gasteiger partial charge < -0.3 is 4.84 Å². The average molecular weight is 323 g/mol. The Labute approximate surface area is 130 Å². The Morgan fingerprint density at radius 3 is 2.43 bits per heavy atom. The van der Waals surface area contributed by atoms with Gasteiger partial charge in [0, 0.05) is 22.5 Å². The maximum Gasteiger partial charge on any atom is 0.334 e. The zero-order valence-electron chi connectivity index (χ0n) is 11.1. The zero-order valence-corrected chi connectivity index (χ0v) is 12.7. The van der Waals surface area contributed by atoms with Crippen LogP contribution in [0.2, 0.25) is 0 Å². The summed E-state index contributed by atoms with van der Waals surface area (Å²) in [6.45, 7) is 0. The third kappa shape index (κ3) is 2.94. The standard InChI is InChI=1S/C14H13NO4S2/c16-12(7-9-8-20-5-6-21-9)19-15-13(17)10-3-1-2-4-11(10)14(15)18/h1-4,9H,5-8H2. The van der Waals surface area contributed by atoms with Gasteiger partial charge in [0.15, 0.2) is 0 Å². The molecule has 1 unspecified atom stereocenters. The fraction of sp³-hybridized carbons (Fsp3) is 0.357. The summed E-state index contributed by atoms with van der Waals surface area (Å²) in [7, 11) is 0. The van der Waals surface area contributed by atoms with E-state index in [1.807, 2.05) is 0 Å². The first-order valence-electron chi connectivity index (χ1n) is 6.55. The number of hydrogen-bond acceptors (Lipinski definition) is 6. The Kier molecular flexibility index (Phi) is 4.21. The van der Waals surface area contributed by atoms with Crippen LogP contribution in [0.1, 0.15) is 27.1 Å². The predicted octanol–water partition coefficient (Wildman–Crippen LogP) is 1.98. The average Bonchev–Trinajstić information content (AvgIpc) is 2.74. The van der Waals surface area contributed by atoms with E-state index < -0.39 is 17.8 Å². The minimum absolute atomic E-state index is 0.187. The van der Waals surface area contributed by atoms with Crippen molar-refractivity contribution in [2.24, 2.45) is 0 Å². The van der Waals surface area contributed by atoms with E-state index >= 15 is 0 Å². The van der Waals surface area contributed by atoms with Crippen molar-refractivity contribution in [2.45, 2.75) is 11.7 Å². The molecule has 0 N–H and O–H groups in total. The third-order valence-electron chi connectivity index (χ3n) is 3.23. The molecule has 0 saturated carbocycles. The minimum Gasteiger partial charge on any atom is -0.330 e. The van der Waals surface area contributed by atoms with Crippen LogP contribution in [0, 0.1) is 0 Å². The van der Waals surface area contributed by atoms with Crippen LogP contribution in [0.25, 0.3) is 0 Å². The van der Waals surface area contributed by atoms with Crippen LogP contribution in [0.5, 0.6) is 0 Å². The van der Waals surface area contributed by atoms with Crippen molar-refractivity contribution < 1.29 is 19.2 Å². The van der Waals surface area contributed by atoms with Gasteiger partial charge in [0.05, 0.1) is 17.5 Å². The quantitative estimate of drug-likeness (QED) is 0.793. The molecule has 2 aliphatic heterocycles. The number of carbonyl (C=O) groups excluding carboxylic acids is 3. The molecule has 1 fully saturated rings.